The first-order valence-corrected chi connectivity index (χ1v) is 20.8. The zero-order valence-electron chi connectivity index (χ0n) is 32.2. The Morgan fingerprint density at radius 2 is 1.14 bits per heavy atom. The molecule has 0 radical (unpaired) electrons. The lowest BCUT2D eigenvalue weighted by Crippen LogP contribution is -2.16. The van der Waals surface area contributed by atoms with Gasteiger partial charge in [0.05, 0.1) is 5.69 Å². The Hall–Kier alpha value is -6.94. The molecule has 0 atom stereocenters. The van der Waals surface area contributed by atoms with Gasteiger partial charge in [0, 0.05) is 58.7 Å². The quantitative estimate of drug-likeness (QED) is 0.174. The lowest BCUT2D eigenvalue weighted by molar-refractivity contribution is 0.662. The molecule has 0 saturated carbocycles. The first-order valence-electron chi connectivity index (χ1n) is 20.0. The molecule has 0 aliphatic heterocycles. The van der Waals surface area contributed by atoms with Crippen molar-refractivity contribution in [3.05, 3.63) is 199 Å². The maximum absolute atomic E-state index is 6.69. The molecule has 274 valence electrons. The third kappa shape index (κ3) is 4.84. The van der Waals surface area contributed by atoms with Crippen LogP contribution in [0.25, 0.3) is 86.3 Å². The standard InChI is InChI=1S/C55H37NOS/c1-55(2)47-21-8-5-15-40(47)44-20-11-18-38(53(44)55)35-25-28-36(29-26-35)56(37-30-32-51-46(33-37)42-17-7-10-24-50(42)58-51)48-22-9-6-16-41(48)43-19-12-23-49-52(43)45-31-27-34-13-3-4-14-39(34)54(45)57-49/h3-33H,1-2H3. The highest BCUT2D eigenvalue weighted by Gasteiger charge is 2.37. The van der Waals surface area contributed by atoms with Crippen molar-refractivity contribution in [3.63, 3.8) is 0 Å². The minimum absolute atomic E-state index is 0.102. The Kier molecular flexibility index (Phi) is 7.18. The van der Waals surface area contributed by atoms with E-state index in [1.54, 1.807) is 0 Å². The Morgan fingerprint density at radius 1 is 0.466 bits per heavy atom. The summed E-state index contributed by atoms with van der Waals surface area (Å²) < 4.78 is 9.28. The van der Waals surface area contributed by atoms with E-state index in [1.165, 1.54) is 58.9 Å². The number of nitrogens with zero attached hydrogens (tertiary/aromatic N) is 1. The van der Waals surface area contributed by atoms with Crippen molar-refractivity contribution in [2.75, 3.05) is 4.90 Å². The molecule has 0 fully saturated rings. The van der Waals surface area contributed by atoms with E-state index < -0.39 is 0 Å². The second kappa shape index (κ2) is 12.5. The average molecular weight is 760 g/mol. The van der Waals surface area contributed by atoms with E-state index in [0.717, 1.165) is 55.5 Å². The number of benzene rings is 9. The summed E-state index contributed by atoms with van der Waals surface area (Å²) in [5, 5.41) is 7.12. The topological polar surface area (TPSA) is 16.4 Å². The van der Waals surface area contributed by atoms with Crippen molar-refractivity contribution in [3.8, 4) is 33.4 Å². The van der Waals surface area contributed by atoms with Crippen LogP contribution in [-0.2, 0) is 5.41 Å². The molecule has 2 aromatic heterocycles. The van der Waals surface area contributed by atoms with Gasteiger partial charge >= 0.3 is 0 Å². The van der Waals surface area contributed by atoms with E-state index in [-0.39, 0.29) is 5.41 Å². The number of hydrogen-bond acceptors (Lipinski definition) is 3. The predicted octanol–water partition coefficient (Wildman–Crippen LogP) is 16.2. The summed E-state index contributed by atoms with van der Waals surface area (Å²) in [6, 6.07) is 68.9. The zero-order chi connectivity index (χ0) is 38.5. The van der Waals surface area contributed by atoms with Gasteiger partial charge in [-0.3, -0.25) is 0 Å². The van der Waals surface area contributed by atoms with Gasteiger partial charge in [-0.1, -0.05) is 147 Å². The Labute approximate surface area is 340 Å². The summed E-state index contributed by atoms with van der Waals surface area (Å²) >= 11 is 1.85. The minimum atomic E-state index is -0.102. The van der Waals surface area contributed by atoms with Gasteiger partial charge < -0.3 is 9.32 Å². The minimum Gasteiger partial charge on any atom is -0.455 e. The lowest BCUT2D eigenvalue weighted by atomic mass is 9.79. The SMILES string of the molecule is CC1(C)c2ccccc2-c2cccc(-c3ccc(N(c4ccc5sc6ccccc6c5c4)c4ccccc4-c4cccc5oc6c7ccccc7ccc6c45)cc3)c21. The molecule has 9 aromatic carbocycles. The number of para-hydroxylation sites is 1. The number of anilines is 3. The van der Waals surface area contributed by atoms with Crippen LogP contribution in [-0.4, -0.2) is 0 Å². The smallest absolute Gasteiger partial charge is 0.143 e. The molecule has 0 spiro atoms. The van der Waals surface area contributed by atoms with Crippen LogP contribution in [0.2, 0.25) is 0 Å². The molecular formula is C55H37NOS. The van der Waals surface area contributed by atoms with Crippen LogP contribution in [0.15, 0.2) is 192 Å². The summed E-state index contributed by atoms with van der Waals surface area (Å²) in [6.45, 7) is 4.73. The van der Waals surface area contributed by atoms with Crippen LogP contribution in [0, 0.1) is 0 Å². The maximum Gasteiger partial charge on any atom is 0.143 e. The van der Waals surface area contributed by atoms with E-state index in [1.807, 2.05) is 11.3 Å². The fourth-order valence-corrected chi connectivity index (χ4v) is 10.9. The highest BCUT2D eigenvalue weighted by molar-refractivity contribution is 7.25. The van der Waals surface area contributed by atoms with Gasteiger partial charge in [0.1, 0.15) is 11.2 Å². The summed E-state index contributed by atoms with van der Waals surface area (Å²) in [5.41, 5.74) is 15.3. The van der Waals surface area contributed by atoms with E-state index in [0.29, 0.717) is 0 Å². The van der Waals surface area contributed by atoms with Crippen molar-refractivity contribution in [1.82, 2.24) is 0 Å². The van der Waals surface area contributed by atoms with Gasteiger partial charge in [0.15, 0.2) is 0 Å². The predicted molar refractivity (Wildman–Crippen MR) is 247 cm³/mol. The van der Waals surface area contributed by atoms with Gasteiger partial charge in [0.2, 0.25) is 0 Å². The number of rotatable bonds is 5. The monoisotopic (exact) mass is 759 g/mol. The molecule has 0 saturated heterocycles. The van der Waals surface area contributed by atoms with Crippen molar-refractivity contribution >= 4 is 81.3 Å². The van der Waals surface area contributed by atoms with E-state index >= 15 is 0 Å². The van der Waals surface area contributed by atoms with Crippen LogP contribution in [0.3, 0.4) is 0 Å². The first kappa shape index (κ1) is 33.2. The van der Waals surface area contributed by atoms with Gasteiger partial charge in [-0.25, -0.2) is 0 Å². The van der Waals surface area contributed by atoms with Crippen LogP contribution in [0.1, 0.15) is 25.0 Å². The molecule has 1 aliphatic rings. The van der Waals surface area contributed by atoms with Crippen molar-refractivity contribution in [2.24, 2.45) is 0 Å². The second-order valence-electron chi connectivity index (χ2n) is 16.0. The maximum atomic E-state index is 6.69. The molecular weight excluding hydrogens is 723 g/mol. The highest BCUT2D eigenvalue weighted by Crippen LogP contribution is 2.53. The summed E-state index contributed by atoms with van der Waals surface area (Å²) in [6.07, 6.45) is 0. The molecule has 11 aromatic rings. The molecule has 58 heavy (non-hydrogen) atoms. The lowest BCUT2D eigenvalue weighted by Gasteiger charge is -2.29. The fourth-order valence-electron chi connectivity index (χ4n) is 9.83. The number of fused-ring (bicyclic) bond motifs is 11. The molecule has 2 nitrogen and oxygen atoms in total. The molecule has 12 rings (SSSR count). The van der Waals surface area contributed by atoms with Gasteiger partial charge in [-0.2, -0.15) is 0 Å². The first-order chi connectivity index (χ1) is 28.5. The van der Waals surface area contributed by atoms with E-state index in [4.69, 9.17) is 4.42 Å². The normalized spacial score (nSPS) is 13.1. The van der Waals surface area contributed by atoms with Gasteiger partial charge in [-0.05, 0) is 98.9 Å². The van der Waals surface area contributed by atoms with Gasteiger partial charge in [0.25, 0.3) is 0 Å². The molecule has 0 bridgehead atoms. The molecule has 0 N–H and O–H groups in total. The van der Waals surface area contributed by atoms with Crippen LogP contribution in [0.4, 0.5) is 17.1 Å². The van der Waals surface area contributed by atoms with E-state index in [9.17, 15) is 0 Å². The molecule has 1 aliphatic carbocycles. The fraction of sp³-hybridized carbons (Fsp3) is 0.0545. The molecule has 2 heterocycles. The van der Waals surface area contributed by atoms with E-state index in [2.05, 4.69) is 207 Å². The third-order valence-corrected chi connectivity index (χ3v) is 13.6. The van der Waals surface area contributed by atoms with Crippen molar-refractivity contribution in [2.45, 2.75) is 19.3 Å². The molecule has 3 heteroatoms. The van der Waals surface area contributed by atoms with Crippen LogP contribution >= 0.6 is 11.3 Å². The number of thiophene rings is 1. The largest absolute Gasteiger partial charge is 0.455 e. The molecule has 0 unspecified atom stereocenters. The Morgan fingerprint density at radius 3 is 2.03 bits per heavy atom. The second-order valence-corrected chi connectivity index (χ2v) is 17.1. The Balaban J connectivity index is 1.06. The van der Waals surface area contributed by atoms with Crippen molar-refractivity contribution in [1.29, 1.82) is 0 Å². The number of furan rings is 1. The van der Waals surface area contributed by atoms with Crippen LogP contribution in [0.5, 0.6) is 0 Å². The summed E-state index contributed by atoms with van der Waals surface area (Å²) in [5.74, 6) is 0. The molecule has 0 amide bonds. The zero-order valence-corrected chi connectivity index (χ0v) is 33.0. The van der Waals surface area contributed by atoms with Crippen molar-refractivity contribution < 1.29 is 4.42 Å². The summed E-state index contributed by atoms with van der Waals surface area (Å²) in [7, 11) is 0. The average Bonchev–Trinajstić information content (AvgIpc) is 3.92. The Bertz CT molecular complexity index is 3440. The number of hydrogen-bond donors (Lipinski definition) is 0. The highest BCUT2D eigenvalue weighted by atomic mass is 32.1. The summed E-state index contributed by atoms with van der Waals surface area (Å²) in [4.78, 5) is 2.44. The van der Waals surface area contributed by atoms with Gasteiger partial charge in [-0.15, -0.1) is 11.3 Å². The third-order valence-electron chi connectivity index (χ3n) is 12.5. The van der Waals surface area contributed by atoms with Crippen LogP contribution < -0.4 is 4.90 Å².